The lowest BCUT2D eigenvalue weighted by atomic mass is 10.1. The summed E-state index contributed by atoms with van der Waals surface area (Å²) in [6.07, 6.45) is 0. The molecule has 7 nitrogen and oxygen atoms in total. The topological polar surface area (TPSA) is 90.4 Å². The fourth-order valence-electron chi connectivity index (χ4n) is 2.13. The van der Waals surface area contributed by atoms with E-state index in [0.717, 1.165) is 17.3 Å². The van der Waals surface area contributed by atoms with Crippen LogP contribution in [-0.2, 0) is 11.3 Å². The van der Waals surface area contributed by atoms with Crippen LogP contribution < -0.4 is 10.1 Å². The van der Waals surface area contributed by atoms with Crippen molar-refractivity contribution in [2.45, 2.75) is 6.61 Å². The minimum absolute atomic E-state index is 0.257. The Bertz CT molecular complexity index is 894. The van der Waals surface area contributed by atoms with E-state index in [0.29, 0.717) is 17.7 Å². The highest BCUT2D eigenvalue weighted by molar-refractivity contribution is 6.99. The maximum absolute atomic E-state index is 12.3. The summed E-state index contributed by atoms with van der Waals surface area (Å²) in [5, 5.41) is 2.66. The zero-order valence-electron chi connectivity index (χ0n) is 13.8. The maximum Gasteiger partial charge on any atom is 0.337 e. The molecule has 0 fully saturated rings. The number of carbonyl (C=O) groups excluding carboxylic acids is 2. The normalized spacial score (nSPS) is 10.2. The number of nitrogens with one attached hydrogen (secondary N) is 1. The van der Waals surface area contributed by atoms with Gasteiger partial charge in [0.05, 0.1) is 24.4 Å². The Hall–Kier alpha value is -3.26. The lowest BCUT2D eigenvalue weighted by molar-refractivity contribution is 0.0600. The molecule has 3 aromatic rings. The molecule has 0 bridgehead atoms. The van der Waals surface area contributed by atoms with Crippen molar-refractivity contribution in [3.63, 3.8) is 0 Å². The summed E-state index contributed by atoms with van der Waals surface area (Å²) in [4.78, 5) is 23.8. The molecule has 0 aliphatic carbocycles. The van der Waals surface area contributed by atoms with Gasteiger partial charge in [-0.3, -0.25) is 4.79 Å². The summed E-state index contributed by atoms with van der Waals surface area (Å²) < 4.78 is 18.4. The molecule has 8 heteroatoms. The van der Waals surface area contributed by atoms with Crippen molar-refractivity contribution in [1.29, 1.82) is 0 Å². The number of benzene rings is 2. The number of nitrogens with zero attached hydrogens (tertiary/aromatic N) is 2. The fraction of sp³-hybridized carbons (Fsp3) is 0.111. The second kappa shape index (κ2) is 8.21. The van der Waals surface area contributed by atoms with Crippen molar-refractivity contribution < 1.29 is 19.1 Å². The third-order valence-electron chi connectivity index (χ3n) is 3.48. The first-order valence-corrected chi connectivity index (χ1v) is 8.39. The van der Waals surface area contributed by atoms with Crippen molar-refractivity contribution in [3.05, 3.63) is 71.3 Å². The van der Waals surface area contributed by atoms with E-state index in [1.807, 2.05) is 30.3 Å². The van der Waals surface area contributed by atoms with Gasteiger partial charge in [0.15, 0.2) is 0 Å². The van der Waals surface area contributed by atoms with Gasteiger partial charge in [0.2, 0.25) is 5.82 Å². The average molecular weight is 369 g/mol. The Morgan fingerprint density at radius 3 is 2.38 bits per heavy atom. The first-order valence-electron chi connectivity index (χ1n) is 7.66. The van der Waals surface area contributed by atoms with E-state index in [1.54, 1.807) is 0 Å². The number of ether oxygens (including phenoxy) is 2. The molecule has 0 atom stereocenters. The zero-order chi connectivity index (χ0) is 18.4. The molecule has 0 unspecified atom stereocenters. The van der Waals surface area contributed by atoms with Crippen LogP contribution in [0.5, 0.6) is 5.88 Å². The van der Waals surface area contributed by atoms with Gasteiger partial charge in [0.25, 0.3) is 11.8 Å². The molecule has 0 spiro atoms. The van der Waals surface area contributed by atoms with Crippen molar-refractivity contribution in [3.8, 4) is 5.88 Å². The minimum atomic E-state index is -0.461. The predicted octanol–water partition coefficient (Wildman–Crippen LogP) is 3.16. The first-order chi connectivity index (χ1) is 12.7. The molecule has 0 saturated carbocycles. The van der Waals surface area contributed by atoms with E-state index in [9.17, 15) is 9.59 Å². The van der Waals surface area contributed by atoms with E-state index in [-0.39, 0.29) is 17.6 Å². The zero-order valence-corrected chi connectivity index (χ0v) is 14.7. The first kappa shape index (κ1) is 17.6. The number of rotatable bonds is 6. The molecular weight excluding hydrogens is 354 g/mol. The summed E-state index contributed by atoms with van der Waals surface area (Å²) in [5.41, 5.74) is 1.72. The van der Waals surface area contributed by atoms with Gasteiger partial charge >= 0.3 is 5.97 Å². The average Bonchev–Trinajstić information content (AvgIpc) is 3.13. The quantitative estimate of drug-likeness (QED) is 0.671. The van der Waals surface area contributed by atoms with E-state index >= 15 is 0 Å². The Balaban J connectivity index is 1.65. The van der Waals surface area contributed by atoms with Gasteiger partial charge in [-0.05, 0) is 29.8 Å². The molecule has 0 saturated heterocycles. The van der Waals surface area contributed by atoms with E-state index in [4.69, 9.17) is 4.74 Å². The van der Waals surface area contributed by atoms with Crippen LogP contribution in [-0.4, -0.2) is 27.7 Å². The smallest absolute Gasteiger partial charge is 0.337 e. The van der Waals surface area contributed by atoms with Crippen LogP contribution >= 0.6 is 11.7 Å². The van der Waals surface area contributed by atoms with Gasteiger partial charge in [0.1, 0.15) is 6.61 Å². The highest BCUT2D eigenvalue weighted by Gasteiger charge is 2.15. The third-order valence-corrected chi connectivity index (χ3v) is 3.99. The molecule has 0 aliphatic heterocycles. The number of amides is 1. The predicted molar refractivity (Wildman–Crippen MR) is 96.4 cm³/mol. The molecule has 3 rings (SSSR count). The van der Waals surface area contributed by atoms with Crippen LogP contribution in [0, 0.1) is 0 Å². The summed E-state index contributed by atoms with van der Waals surface area (Å²) in [5.74, 6) is -0.317. The SMILES string of the molecule is COC(=O)c1ccc(C(=O)Nc2nsnc2OCc2ccccc2)cc1. The molecule has 1 aromatic heterocycles. The fourth-order valence-corrected chi connectivity index (χ4v) is 2.59. The molecule has 26 heavy (non-hydrogen) atoms. The number of anilines is 1. The van der Waals surface area contributed by atoms with Gasteiger partial charge in [-0.1, -0.05) is 30.3 Å². The number of hydrogen-bond acceptors (Lipinski definition) is 7. The molecule has 132 valence electrons. The molecule has 1 amide bonds. The lowest BCUT2D eigenvalue weighted by Gasteiger charge is -2.07. The second-order valence-corrected chi connectivity index (χ2v) is 5.74. The third kappa shape index (κ3) is 4.22. The molecule has 1 heterocycles. The van der Waals surface area contributed by atoms with Crippen LogP contribution in [0.1, 0.15) is 26.3 Å². The minimum Gasteiger partial charge on any atom is -0.470 e. The summed E-state index contributed by atoms with van der Waals surface area (Å²) in [7, 11) is 1.30. The van der Waals surface area contributed by atoms with Crippen molar-refractivity contribution in [2.75, 3.05) is 12.4 Å². The maximum atomic E-state index is 12.3. The summed E-state index contributed by atoms with van der Waals surface area (Å²) >= 11 is 0.947. The van der Waals surface area contributed by atoms with Crippen LogP contribution in [0.3, 0.4) is 0 Å². The second-order valence-electron chi connectivity index (χ2n) is 5.22. The van der Waals surface area contributed by atoms with Crippen molar-refractivity contribution in [2.24, 2.45) is 0 Å². The summed E-state index contributed by atoms with van der Waals surface area (Å²) in [6.45, 7) is 0.322. The molecule has 0 aliphatic rings. The Morgan fingerprint density at radius 2 is 1.69 bits per heavy atom. The van der Waals surface area contributed by atoms with E-state index < -0.39 is 5.97 Å². The van der Waals surface area contributed by atoms with Gasteiger partial charge in [0, 0.05) is 5.56 Å². The van der Waals surface area contributed by atoms with E-state index in [2.05, 4.69) is 18.8 Å². The van der Waals surface area contributed by atoms with Gasteiger partial charge in [-0.15, -0.1) is 4.37 Å². The number of carbonyl (C=O) groups is 2. The van der Waals surface area contributed by atoms with Crippen molar-refractivity contribution in [1.82, 2.24) is 8.75 Å². The van der Waals surface area contributed by atoms with Crippen LogP contribution in [0.2, 0.25) is 0 Å². The molecule has 0 radical (unpaired) electrons. The number of esters is 1. The molecular formula is C18H15N3O4S. The largest absolute Gasteiger partial charge is 0.470 e. The van der Waals surface area contributed by atoms with Crippen LogP contribution in [0.4, 0.5) is 5.82 Å². The van der Waals surface area contributed by atoms with Crippen LogP contribution in [0.15, 0.2) is 54.6 Å². The van der Waals surface area contributed by atoms with Gasteiger partial charge < -0.3 is 14.8 Å². The standard InChI is InChI=1S/C18H15N3O4S/c1-24-18(23)14-9-7-13(8-10-14)16(22)19-15-17(21-26-20-15)25-11-12-5-3-2-4-6-12/h2-10H,11H2,1H3,(H,19,20,22). The number of methoxy groups -OCH3 is 1. The lowest BCUT2D eigenvalue weighted by Crippen LogP contribution is -2.13. The monoisotopic (exact) mass is 369 g/mol. The summed E-state index contributed by atoms with van der Waals surface area (Å²) in [6, 6.07) is 15.7. The Kier molecular flexibility index (Phi) is 5.55. The highest BCUT2D eigenvalue weighted by atomic mass is 32.1. The number of aromatic nitrogens is 2. The molecule has 1 N–H and O–H groups in total. The Morgan fingerprint density at radius 1 is 1.00 bits per heavy atom. The van der Waals surface area contributed by atoms with Crippen molar-refractivity contribution >= 4 is 29.4 Å². The Labute approximate surface area is 153 Å². The van der Waals surface area contributed by atoms with Crippen LogP contribution in [0.25, 0.3) is 0 Å². The molecule has 2 aromatic carbocycles. The highest BCUT2D eigenvalue weighted by Crippen LogP contribution is 2.23. The number of hydrogen-bond donors (Lipinski definition) is 1. The van der Waals surface area contributed by atoms with E-state index in [1.165, 1.54) is 31.4 Å². The van der Waals surface area contributed by atoms with Gasteiger partial charge in [-0.25, -0.2) is 4.79 Å². The van der Waals surface area contributed by atoms with Gasteiger partial charge in [-0.2, -0.15) is 4.37 Å².